The number of hydrogen-bond acceptors (Lipinski definition) is 3. The third-order valence-electron chi connectivity index (χ3n) is 4.08. The van der Waals surface area contributed by atoms with Crippen LogP contribution in [-0.2, 0) is 0 Å². The first-order chi connectivity index (χ1) is 11.6. The minimum Gasteiger partial charge on any atom is -0.494 e. The van der Waals surface area contributed by atoms with Crippen LogP contribution in [0.25, 0.3) is 0 Å². The van der Waals surface area contributed by atoms with Crippen LogP contribution in [0.15, 0.2) is 36.5 Å². The predicted octanol–water partition coefficient (Wildman–Crippen LogP) is 1.76. The van der Waals surface area contributed by atoms with E-state index in [1.54, 1.807) is 34.2 Å². The lowest BCUT2D eigenvalue weighted by Crippen LogP contribution is -2.50. The van der Waals surface area contributed by atoms with Crippen molar-refractivity contribution in [3.05, 3.63) is 53.6 Å². The molecule has 1 aliphatic heterocycles. The van der Waals surface area contributed by atoms with Crippen LogP contribution < -0.4 is 4.74 Å². The zero-order valence-electron chi connectivity index (χ0n) is 13.3. The molecule has 7 heteroatoms. The van der Waals surface area contributed by atoms with Crippen LogP contribution in [0.4, 0.5) is 4.39 Å². The van der Waals surface area contributed by atoms with Gasteiger partial charge in [-0.15, -0.1) is 0 Å². The number of piperazine rings is 1. The van der Waals surface area contributed by atoms with E-state index in [1.807, 2.05) is 0 Å². The number of rotatable bonds is 3. The van der Waals surface area contributed by atoms with E-state index in [-0.39, 0.29) is 23.1 Å². The molecular weight excluding hydrogens is 313 g/mol. The summed E-state index contributed by atoms with van der Waals surface area (Å²) in [6, 6.07) is 7.65. The Morgan fingerprint density at radius 3 is 2.29 bits per heavy atom. The second-order valence-corrected chi connectivity index (χ2v) is 5.52. The van der Waals surface area contributed by atoms with Gasteiger partial charge < -0.3 is 19.5 Å². The number of H-pyrrole nitrogens is 1. The van der Waals surface area contributed by atoms with Crippen LogP contribution in [-0.4, -0.2) is 59.9 Å². The van der Waals surface area contributed by atoms with E-state index < -0.39 is 5.82 Å². The summed E-state index contributed by atoms with van der Waals surface area (Å²) in [5.41, 5.74) is 0.810. The van der Waals surface area contributed by atoms with Crippen LogP contribution in [0.3, 0.4) is 0 Å². The largest absolute Gasteiger partial charge is 0.494 e. The highest BCUT2D eigenvalue weighted by molar-refractivity contribution is 5.95. The number of nitrogens with one attached hydrogen (secondary N) is 1. The van der Waals surface area contributed by atoms with Crippen molar-refractivity contribution in [3.8, 4) is 5.75 Å². The molecule has 0 saturated carbocycles. The Kier molecular flexibility index (Phi) is 4.50. The Morgan fingerprint density at radius 1 is 1.08 bits per heavy atom. The molecular formula is C17H18FN3O3. The van der Waals surface area contributed by atoms with Gasteiger partial charge in [0.05, 0.1) is 7.11 Å². The maximum atomic E-state index is 13.8. The molecule has 0 spiro atoms. The number of benzene rings is 1. The number of aromatic amines is 1. The van der Waals surface area contributed by atoms with Gasteiger partial charge in [-0.2, -0.15) is 0 Å². The molecule has 24 heavy (non-hydrogen) atoms. The summed E-state index contributed by atoms with van der Waals surface area (Å²) in [7, 11) is 1.38. The first-order valence-corrected chi connectivity index (χ1v) is 7.65. The second-order valence-electron chi connectivity index (χ2n) is 5.52. The molecule has 0 aliphatic carbocycles. The van der Waals surface area contributed by atoms with Gasteiger partial charge in [-0.1, -0.05) is 0 Å². The summed E-state index contributed by atoms with van der Waals surface area (Å²) in [4.78, 5) is 30.9. The number of carbonyl (C=O) groups is 2. The van der Waals surface area contributed by atoms with Crippen molar-refractivity contribution in [2.45, 2.75) is 0 Å². The van der Waals surface area contributed by atoms with Crippen LogP contribution in [0.1, 0.15) is 20.8 Å². The summed E-state index contributed by atoms with van der Waals surface area (Å²) >= 11 is 0. The lowest BCUT2D eigenvalue weighted by atomic mass is 10.1. The maximum absolute atomic E-state index is 13.8. The van der Waals surface area contributed by atoms with E-state index >= 15 is 0 Å². The zero-order valence-corrected chi connectivity index (χ0v) is 13.3. The predicted molar refractivity (Wildman–Crippen MR) is 85.6 cm³/mol. The highest BCUT2D eigenvalue weighted by Gasteiger charge is 2.26. The maximum Gasteiger partial charge on any atom is 0.270 e. The minimum atomic E-state index is -0.566. The number of ether oxygens (including phenoxy) is 1. The lowest BCUT2D eigenvalue weighted by molar-refractivity contribution is 0.0532. The molecule has 0 bridgehead atoms. The van der Waals surface area contributed by atoms with Gasteiger partial charge in [0.25, 0.3) is 11.8 Å². The topological polar surface area (TPSA) is 65.6 Å². The number of amides is 2. The molecule has 0 atom stereocenters. The molecule has 1 N–H and O–H groups in total. The summed E-state index contributed by atoms with van der Waals surface area (Å²) in [6.07, 6.45) is 1.70. The molecule has 2 amide bonds. The van der Waals surface area contributed by atoms with Gasteiger partial charge in [0, 0.05) is 37.9 Å². The van der Waals surface area contributed by atoms with Gasteiger partial charge in [0.2, 0.25) is 0 Å². The van der Waals surface area contributed by atoms with Crippen LogP contribution in [0.2, 0.25) is 0 Å². The normalized spacial score (nSPS) is 14.6. The number of methoxy groups -OCH3 is 1. The molecule has 1 aliphatic rings. The fourth-order valence-electron chi connectivity index (χ4n) is 2.73. The molecule has 3 rings (SSSR count). The quantitative estimate of drug-likeness (QED) is 0.932. The van der Waals surface area contributed by atoms with Crippen molar-refractivity contribution in [1.29, 1.82) is 0 Å². The highest BCUT2D eigenvalue weighted by atomic mass is 19.1. The van der Waals surface area contributed by atoms with E-state index in [9.17, 15) is 14.0 Å². The third-order valence-corrected chi connectivity index (χ3v) is 4.08. The van der Waals surface area contributed by atoms with E-state index in [0.29, 0.717) is 31.9 Å². The lowest BCUT2D eigenvalue weighted by Gasteiger charge is -2.34. The van der Waals surface area contributed by atoms with E-state index in [1.165, 1.54) is 19.2 Å². The van der Waals surface area contributed by atoms with Gasteiger partial charge >= 0.3 is 0 Å². The molecule has 2 aromatic rings. The standard InChI is InChI=1S/C17H18FN3O3/c1-24-15-5-4-12(11-13(15)18)16(22)20-7-9-21(10-8-20)17(23)14-3-2-6-19-14/h2-6,11,19H,7-10H2,1H3. The van der Waals surface area contributed by atoms with Crippen molar-refractivity contribution < 1.29 is 18.7 Å². The van der Waals surface area contributed by atoms with E-state index in [4.69, 9.17) is 4.74 Å². The zero-order chi connectivity index (χ0) is 17.1. The number of carbonyl (C=O) groups excluding carboxylic acids is 2. The summed E-state index contributed by atoms with van der Waals surface area (Å²) in [5, 5.41) is 0. The average Bonchev–Trinajstić information content (AvgIpc) is 3.15. The number of aromatic nitrogens is 1. The van der Waals surface area contributed by atoms with Gasteiger partial charge in [0.1, 0.15) is 5.69 Å². The smallest absolute Gasteiger partial charge is 0.270 e. The van der Waals surface area contributed by atoms with Crippen LogP contribution in [0.5, 0.6) is 5.75 Å². The SMILES string of the molecule is COc1ccc(C(=O)N2CCN(C(=O)c3ccc[nH]3)CC2)cc1F. The molecule has 1 fully saturated rings. The van der Waals surface area contributed by atoms with Gasteiger partial charge in [-0.25, -0.2) is 4.39 Å². The molecule has 6 nitrogen and oxygen atoms in total. The van der Waals surface area contributed by atoms with Gasteiger partial charge in [0.15, 0.2) is 11.6 Å². The number of halogens is 1. The van der Waals surface area contributed by atoms with E-state index in [0.717, 1.165) is 0 Å². The summed E-state index contributed by atoms with van der Waals surface area (Å²) < 4.78 is 18.6. The summed E-state index contributed by atoms with van der Waals surface area (Å²) in [6.45, 7) is 1.72. The van der Waals surface area contributed by atoms with E-state index in [2.05, 4.69) is 4.98 Å². The molecule has 0 radical (unpaired) electrons. The van der Waals surface area contributed by atoms with Gasteiger partial charge in [-0.05, 0) is 30.3 Å². The van der Waals surface area contributed by atoms with Crippen LogP contribution >= 0.6 is 0 Å². The van der Waals surface area contributed by atoms with Gasteiger partial charge in [-0.3, -0.25) is 9.59 Å². The van der Waals surface area contributed by atoms with Crippen molar-refractivity contribution in [1.82, 2.24) is 14.8 Å². The Balaban J connectivity index is 1.63. The Bertz CT molecular complexity index is 738. The fourth-order valence-corrected chi connectivity index (χ4v) is 2.73. The second kappa shape index (κ2) is 6.74. The van der Waals surface area contributed by atoms with Crippen LogP contribution in [0, 0.1) is 5.82 Å². The molecule has 1 aromatic carbocycles. The van der Waals surface area contributed by atoms with Crippen molar-refractivity contribution >= 4 is 11.8 Å². The average molecular weight is 331 g/mol. The minimum absolute atomic E-state index is 0.0809. The fraction of sp³-hybridized carbons (Fsp3) is 0.294. The van der Waals surface area contributed by atoms with Crippen molar-refractivity contribution in [2.24, 2.45) is 0 Å². The Hall–Kier alpha value is -2.83. The first kappa shape index (κ1) is 16.0. The van der Waals surface area contributed by atoms with Crippen molar-refractivity contribution in [3.63, 3.8) is 0 Å². The first-order valence-electron chi connectivity index (χ1n) is 7.65. The third kappa shape index (κ3) is 3.10. The molecule has 0 unspecified atom stereocenters. The monoisotopic (exact) mass is 331 g/mol. The molecule has 1 saturated heterocycles. The number of hydrogen-bond donors (Lipinski definition) is 1. The summed E-state index contributed by atoms with van der Waals surface area (Å²) in [5.74, 6) is -0.789. The molecule has 2 heterocycles. The molecule has 126 valence electrons. The Labute approximate surface area is 138 Å². The highest BCUT2D eigenvalue weighted by Crippen LogP contribution is 2.19. The van der Waals surface area contributed by atoms with Crippen molar-refractivity contribution in [2.75, 3.05) is 33.3 Å². The number of nitrogens with zero attached hydrogens (tertiary/aromatic N) is 2. The molecule has 1 aromatic heterocycles. The Morgan fingerprint density at radius 2 is 1.75 bits per heavy atom.